The van der Waals surface area contributed by atoms with Crippen LogP contribution < -0.4 is 10.2 Å². The molecule has 0 bridgehead atoms. The van der Waals surface area contributed by atoms with Crippen molar-refractivity contribution >= 4 is 17.1 Å². The molecule has 100 valence electrons. The molecule has 2 rings (SSSR count). The fourth-order valence-electron chi connectivity index (χ4n) is 2.06. The van der Waals surface area contributed by atoms with E-state index in [2.05, 4.69) is 48.3 Å². The highest BCUT2D eigenvalue weighted by atomic mass is 16.3. The predicted octanol–water partition coefficient (Wildman–Crippen LogP) is 3.98. The summed E-state index contributed by atoms with van der Waals surface area (Å²) in [7, 11) is 0. The van der Waals surface area contributed by atoms with Crippen LogP contribution in [0.1, 0.15) is 13.8 Å². The van der Waals surface area contributed by atoms with Gasteiger partial charge in [0.05, 0.1) is 0 Å². The molecular weight excluding hydrogens is 236 g/mol. The molecule has 0 fully saturated rings. The molecule has 2 aromatic carbocycles. The molecule has 0 atom stereocenters. The fourth-order valence-corrected chi connectivity index (χ4v) is 2.06. The zero-order chi connectivity index (χ0) is 13.7. The summed E-state index contributed by atoms with van der Waals surface area (Å²) < 4.78 is 0. The molecule has 0 radical (unpaired) electrons. The summed E-state index contributed by atoms with van der Waals surface area (Å²) >= 11 is 0. The number of aromatic hydroxyl groups is 1. The first-order valence-corrected chi connectivity index (χ1v) is 6.64. The predicted molar refractivity (Wildman–Crippen MR) is 81.4 cm³/mol. The van der Waals surface area contributed by atoms with Gasteiger partial charge in [-0.15, -0.1) is 0 Å². The van der Waals surface area contributed by atoms with Crippen molar-refractivity contribution in [2.45, 2.75) is 13.8 Å². The normalized spacial score (nSPS) is 10.2. The quantitative estimate of drug-likeness (QED) is 0.794. The summed E-state index contributed by atoms with van der Waals surface area (Å²) in [5.41, 5.74) is 3.25. The van der Waals surface area contributed by atoms with Crippen LogP contribution >= 0.6 is 0 Å². The molecule has 3 heteroatoms. The van der Waals surface area contributed by atoms with Crippen LogP contribution in [0, 0.1) is 0 Å². The van der Waals surface area contributed by atoms with Crippen molar-refractivity contribution in [3.05, 3.63) is 48.5 Å². The van der Waals surface area contributed by atoms with E-state index in [-0.39, 0.29) is 5.75 Å². The lowest BCUT2D eigenvalue weighted by molar-refractivity contribution is 0.475. The van der Waals surface area contributed by atoms with E-state index in [1.54, 1.807) is 12.1 Å². The standard InChI is InChI=1S/C16H20N2O/c1-3-18(4-2)15-9-5-13(6-10-15)17-14-7-11-16(19)12-8-14/h5-12,17,19H,3-4H2,1-2H3. The Balaban J connectivity index is 2.08. The monoisotopic (exact) mass is 256 g/mol. The molecule has 0 aromatic heterocycles. The Hall–Kier alpha value is -2.16. The number of hydrogen-bond acceptors (Lipinski definition) is 3. The molecule has 0 heterocycles. The minimum Gasteiger partial charge on any atom is -0.508 e. The number of nitrogens with zero attached hydrogens (tertiary/aromatic N) is 1. The highest BCUT2D eigenvalue weighted by Crippen LogP contribution is 2.22. The second-order valence-electron chi connectivity index (χ2n) is 4.39. The van der Waals surface area contributed by atoms with E-state index in [4.69, 9.17) is 0 Å². The molecule has 0 aliphatic carbocycles. The Bertz CT molecular complexity index is 501. The van der Waals surface area contributed by atoms with Crippen molar-refractivity contribution in [1.82, 2.24) is 0 Å². The minimum absolute atomic E-state index is 0.280. The molecular formula is C16H20N2O. The lowest BCUT2D eigenvalue weighted by atomic mass is 10.2. The summed E-state index contributed by atoms with van der Waals surface area (Å²) in [6.45, 7) is 6.35. The molecule has 0 saturated heterocycles. The molecule has 2 N–H and O–H groups in total. The van der Waals surface area contributed by atoms with E-state index >= 15 is 0 Å². The Morgan fingerprint density at radius 2 is 1.32 bits per heavy atom. The van der Waals surface area contributed by atoms with Crippen LogP contribution in [-0.4, -0.2) is 18.2 Å². The third-order valence-electron chi connectivity index (χ3n) is 3.15. The van der Waals surface area contributed by atoms with Gasteiger partial charge in [0, 0.05) is 30.2 Å². The fraction of sp³-hybridized carbons (Fsp3) is 0.250. The zero-order valence-corrected chi connectivity index (χ0v) is 11.4. The lowest BCUT2D eigenvalue weighted by Gasteiger charge is -2.21. The van der Waals surface area contributed by atoms with E-state index in [0.29, 0.717) is 0 Å². The third kappa shape index (κ3) is 3.41. The van der Waals surface area contributed by atoms with Crippen molar-refractivity contribution < 1.29 is 5.11 Å². The molecule has 0 amide bonds. The van der Waals surface area contributed by atoms with Crippen LogP contribution in [0.3, 0.4) is 0 Å². The maximum Gasteiger partial charge on any atom is 0.115 e. The van der Waals surface area contributed by atoms with Crippen molar-refractivity contribution in [1.29, 1.82) is 0 Å². The molecule has 0 saturated carbocycles. The van der Waals surface area contributed by atoms with Crippen LogP contribution in [0.15, 0.2) is 48.5 Å². The first-order chi connectivity index (χ1) is 9.22. The molecule has 0 aliphatic rings. The molecule has 0 spiro atoms. The van der Waals surface area contributed by atoms with Gasteiger partial charge in [0.2, 0.25) is 0 Å². The Labute approximate surface area is 114 Å². The number of phenolic OH excluding ortho intramolecular Hbond substituents is 1. The van der Waals surface area contributed by atoms with E-state index in [9.17, 15) is 5.11 Å². The summed E-state index contributed by atoms with van der Waals surface area (Å²) in [5.74, 6) is 0.280. The SMILES string of the molecule is CCN(CC)c1ccc(Nc2ccc(O)cc2)cc1. The van der Waals surface area contributed by atoms with E-state index < -0.39 is 0 Å². The molecule has 3 nitrogen and oxygen atoms in total. The van der Waals surface area contributed by atoms with E-state index in [1.807, 2.05) is 12.1 Å². The Morgan fingerprint density at radius 3 is 1.79 bits per heavy atom. The van der Waals surface area contributed by atoms with Crippen LogP contribution in [0.2, 0.25) is 0 Å². The molecule has 0 aliphatic heterocycles. The zero-order valence-electron chi connectivity index (χ0n) is 11.4. The van der Waals surface area contributed by atoms with Gasteiger partial charge in [-0.2, -0.15) is 0 Å². The summed E-state index contributed by atoms with van der Waals surface area (Å²) in [6, 6.07) is 15.4. The van der Waals surface area contributed by atoms with E-state index in [1.165, 1.54) is 5.69 Å². The Morgan fingerprint density at radius 1 is 0.842 bits per heavy atom. The Kier molecular flexibility index (Phi) is 4.29. The first kappa shape index (κ1) is 13.3. The van der Waals surface area contributed by atoms with Gasteiger partial charge in [-0.1, -0.05) is 0 Å². The van der Waals surface area contributed by atoms with Crippen LogP contribution in [0.25, 0.3) is 0 Å². The topological polar surface area (TPSA) is 35.5 Å². The van der Waals surface area contributed by atoms with Gasteiger partial charge in [-0.05, 0) is 62.4 Å². The van der Waals surface area contributed by atoms with Crippen molar-refractivity contribution in [2.24, 2.45) is 0 Å². The minimum atomic E-state index is 0.280. The second-order valence-corrected chi connectivity index (χ2v) is 4.39. The van der Waals surface area contributed by atoms with Gasteiger partial charge in [-0.25, -0.2) is 0 Å². The molecule has 2 aromatic rings. The number of anilines is 3. The average Bonchev–Trinajstić information content (AvgIpc) is 2.44. The van der Waals surface area contributed by atoms with Crippen LogP contribution in [0.4, 0.5) is 17.1 Å². The number of nitrogens with one attached hydrogen (secondary N) is 1. The number of phenols is 1. The number of hydrogen-bond donors (Lipinski definition) is 2. The van der Waals surface area contributed by atoms with Gasteiger partial charge in [-0.3, -0.25) is 0 Å². The van der Waals surface area contributed by atoms with Gasteiger partial charge < -0.3 is 15.3 Å². The smallest absolute Gasteiger partial charge is 0.115 e. The maximum absolute atomic E-state index is 9.24. The molecule has 0 unspecified atom stereocenters. The van der Waals surface area contributed by atoms with Gasteiger partial charge in [0.1, 0.15) is 5.75 Å². The number of benzene rings is 2. The highest BCUT2D eigenvalue weighted by molar-refractivity contribution is 5.63. The summed E-state index contributed by atoms with van der Waals surface area (Å²) in [6.07, 6.45) is 0. The van der Waals surface area contributed by atoms with Crippen LogP contribution in [-0.2, 0) is 0 Å². The van der Waals surface area contributed by atoms with Crippen molar-refractivity contribution in [2.75, 3.05) is 23.3 Å². The third-order valence-corrected chi connectivity index (χ3v) is 3.15. The van der Waals surface area contributed by atoms with Gasteiger partial charge in [0.25, 0.3) is 0 Å². The van der Waals surface area contributed by atoms with Crippen LogP contribution in [0.5, 0.6) is 5.75 Å². The van der Waals surface area contributed by atoms with Gasteiger partial charge in [0.15, 0.2) is 0 Å². The lowest BCUT2D eigenvalue weighted by Crippen LogP contribution is -2.21. The van der Waals surface area contributed by atoms with Gasteiger partial charge >= 0.3 is 0 Å². The first-order valence-electron chi connectivity index (χ1n) is 6.64. The summed E-state index contributed by atoms with van der Waals surface area (Å²) in [4.78, 5) is 2.31. The van der Waals surface area contributed by atoms with E-state index in [0.717, 1.165) is 24.5 Å². The highest BCUT2D eigenvalue weighted by Gasteiger charge is 2.01. The average molecular weight is 256 g/mol. The van der Waals surface area contributed by atoms with Crippen molar-refractivity contribution in [3.8, 4) is 5.75 Å². The molecule has 19 heavy (non-hydrogen) atoms. The summed E-state index contributed by atoms with van der Waals surface area (Å²) in [5, 5.41) is 12.5. The maximum atomic E-state index is 9.24. The number of rotatable bonds is 5. The largest absolute Gasteiger partial charge is 0.508 e. The second kappa shape index (κ2) is 6.14. The van der Waals surface area contributed by atoms with Crippen molar-refractivity contribution in [3.63, 3.8) is 0 Å².